The number of amides is 2. The van der Waals surface area contributed by atoms with Crippen LogP contribution in [0, 0.1) is 16.7 Å². The molecule has 0 atom stereocenters. The van der Waals surface area contributed by atoms with Gasteiger partial charge >= 0.3 is 0 Å². The molecule has 96 valence electrons. The maximum absolute atomic E-state index is 12.4. The molecule has 2 N–H and O–H groups in total. The number of ether oxygens (including phenoxy) is 1. The van der Waals surface area contributed by atoms with Crippen molar-refractivity contribution in [2.45, 2.75) is 12.8 Å². The van der Waals surface area contributed by atoms with Gasteiger partial charge in [-0.05, 0) is 31.0 Å². The van der Waals surface area contributed by atoms with Gasteiger partial charge in [0, 0.05) is 5.69 Å². The molecule has 6 heteroatoms. The molecule has 2 amide bonds. The molecular weight excluding hydrogens is 246 g/mol. The van der Waals surface area contributed by atoms with Gasteiger partial charge in [0.25, 0.3) is 11.8 Å². The van der Waals surface area contributed by atoms with Crippen LogP contribution in [-0.2, 0) is 9.59 Å². The molecule has 0 radical (unpaired) electrons. The summed E-state index contributed by atoms with van der Waals surface area (Å²) in [6.45, 7) is -0.204. The van der Waals surface area contributed by atoms with Crippen LogP contribution in [0.1, 0.15) is 12.8 Å². The molecule has 1 heterocycles. The van der Waals surface area contributed by atoms with E-state index in [1.165, 1.54) is 6.07 Å². The fourth-order valence-corrected chi connectivity index (χ4v) is 2.10. The van der Waals surface area contributed by atoms with Gasteiger partial charge < -0.3 is 10.5 Å². The lowest BCUT2D eigenvalue weighted by Gasteiger charge is -2.29. The first kappa shape index (κ1) is 11.5. The predicted octanol–water partition coefficient (Wildman–Crippen LogP) is 0.825. The number of benzene rings is 1. The number of fused-ring (bicyclic) bond motifs is 1. The first-order chi connectivity index (χ1) is 9.07. The molecule has 2 aliphatic rings. The average Bonchev–Trinajstić information content (AvgIpc) is 3.19. The van der Waals surface area contributed by atoms with Crippen molar-refractivity contribution < 1.29 is 14.3 Å². The molecule has 1 aliphatic carbocycles. The predicted molar refractivity (Wildman–Crippen MR) is 66.1 cm³/mol. The van der Waals surface area contributed by atoms with E-state index in [-0.39, 0.29) is 6.61 Å². The molecule has 0 spiro atoms. The number of imide groups is 1. The number of carbonyl (C=O) groups is 2. The number of rotatable bonds is 1. The number of nitrogens with zero attached hydrogens (tertiary/aromatic N) is 2. The smallest absolute Gasteiger partial charge is 0.271 e. The van der Waals surface area contributed by atoms with Crippen molar-refractivity contribution in [1.82, 2.24) is 0 Å². The van der Waals surface area contributed by atoms with Crippen LogP contribution < -0.4 is 15.4 Å². The summed E-state index contributed by atoms with van der Waals surface area (Å²) in [6, 6.07) is 6.76. The molecule has 1 aromatic rings. The van der Waals surface area contributed by atoms with Crippen molar-refractivity contribution in [2.75, 3.05) is 17.2 Å². The summed E-state index contributed by atoms with van der Waals surface area (Å²) in [7, 11) is 0. The van der Waals surface area contributed by atoms with Gasteiger partial charge in [-0.2, -0.15) is 5.26 Å². The number of hydrogen-bond acceptors (Lipinski definition) is 5. The van der Waals surface area contributed by atoms with Crippen molar-refractivity contribution >= 4 is 23.2 Å². The van der Waals surface area contributed by atoms with Gasteiger partial charge in [-0.25, -0.2) is 4.90 Å². The first-order valence-corrected chi connectivity index (χ1v) is 5.88. The minimum atomic E-state index is -1.05. The second kappa shape index (κ2) is 3.72. The fraction of sp³-hybridized carbons (Fsp3) is 0.308. The van der Waals surface area contributed by atoms with Crippen LogP contribution in [0.25, 0.3) is 0 Å². The van der Waals surface area contributed by atoms with Gasteiger partial charge in [-0.3, -0.25) is 9.59 Å². The number of anilines is 2. The SMILES string of the molecule is N#CC1(C(=O)N2C(=O)COc3ccc(N)cc32)CC1. The molecular formula is C13H11N3O3. The van der Waals surface area contributed by atoms with Crippen LogP contribution in [0.15, 0.2) is 18.2 Å². The number of nitrogens with two attached hydrogens (primary N) is 1. The van der Waals surface area contributed by atoms with E-state index in [2.05, 4.69) is 0 Å². The topological polar surface area (TPSA) is 96.4 Å². The second-order valence-corrected chi connectivity index (χ2v) is 4.74. The molecule has 0 aromatic heterocycles. The van der Waals surface area contributed by atoms with E-state index in [9.17, 15) is 9.59 Å². The Hall–Kier alpha value is -2.55. The number of nitriles is 1. The number of hydrogen-bond donors (Lipinski definition) is 1. The quantitative estimate of drug-likeness (QED) is 0.593. The van der Waals surface area contributed by atoms with Crippen molar-refractivity contribution in [3.63, 3.8) is 0 Å². The minimum absolute atomic E-state index is 0.204. The van der Waals surface area contributed by atoms with E-state index in [1.54, 1.807) is 12.1 Å². The Morgan fingerprint density at radius 2 is 2.21 bits per heavy atom. The zero-order chi connectivity index (χ0) is 13.6. The Balaban J connectivity index is 2.07. The summed E-state index contributed by atoms with van der Waals surface area (Å²) in [5.74, 6) is -0.518. The highest BCUT2D eigenvalue weighted by Crippen LogP contribution is 2.48. The van der Waals surface area contributed by atoms with Crippen LogP contribution in [0.2, 0.25) is 0 Å². The van der Waals surface area contributed by atoms with Gasteiger partial charge in [0.2, 0.25) is 0 Å². The highest BCUT2D eigenvalue weighted by molar-refractivity contribution is 6.20. The van der Waals surface area contributed by atoms with Crippen molar-refractivity contribution in [3.8, 4) is 11.8 Å². The highest BCUT2D eigenvalue weighted by Gasteiger charge is 2.54. The van der Waals surface area contributed by atoms with Gasteiger partial charge in [0.1, 0.15) is 11.2 Å². The van der Waals surface area contributed by atoms with Crippen molar-refractivity contribution in [1.29, 1.82) is 5.26 Å². The van der Waals surface area contributed by atoms with Gasteiger partial charge in [0.05, 0.1) is 11.8 Å². The van der Waals surface area contributed by atoms with Crippen LogP contribution in [0.5, 0.6) is 5.75 Å². The third-order valence-corrected chi connectivity index (χ3v) is 3.40. The van der Waals surface area contributed by atoms with Gasteiger partial charge in [-0.15, -0.1) is 0 Å². The molecule has 0 bridgehead atoms. The average molecular weight is 257 g/mol. The molecule has 0 saturated heterocycles. The molecule has 1 aromatic carbocycles. The third kappa shape index (κ3) is 1.63. The maximum Gasteiger partial charge on any atom is 0.271 e. The number of nitrogen functional groups attached to an aromatic ring is 1. The summed E-state index contributed by atoms with van der Waals surface area (Å²) in [5.41, 5.74) is 5.38. The monoisotopic (exact) mass is 257 g/mol. The summed E-state index contributed by atoms with van der Waals surface area (Å²) in [5, 5.41) is 9.08. The van der Waals surface area contributed by atoms with E-state index in [1.807, 2.05) is 6.07 Å². The third-order valence-electron chi connectivity index (χ3n) is 3.40. The molecule has 1 fully saturated rings. The van der Waals surface area contributed by atoms with Crippen molar-refractivity contribution in [2.24, 2.45) is 5.41 Å². The lowest BCUT2D eigenvalue weighted by molar-refractivity contribution is -0.130. The zero-order valence-electron chi connectivity index (χ0n) is 10.0. The van der Waals surface area contributed by atoms with Crippen LogP contribution in [0.3, 0.4) is 0 Å². The lowest BCUT2D eigenvalue weighted by Crippen LogP contribution is -2.46. The largest absolute Gasteiger partial charge is 0.482 e. The molecule has 19 heavy (non-hydrogen) atoms. The zero-order valence-corrected chi connectivity index (χ0v) is 10.0. The van der Waals surface area contributed by atoms with Gasteiger partial charge in [0.15, 0.2) is 6.61 Å². The van der Waals surface area contributed by atoms with Gasteiger partial charge in [-0.1, -0.05) is 0 Å². The van der Waals surface area contributed by atoms with Crippen LogP contribution >= 0.6 is 0 Å². The Kier molecular flexibility index (Phi) is 2.26. The molecule has 0 unspecified atom stereocenters. The normalized spacial score (nSPS) is 19.1. The molecule has 3 rings (SSSR count). The van der Waals surface area contributed by atoms with E-state index in [4.69, 9.17) is 15.7 Å². The lowest BCUT2D eigenvalue weighted by atomic mass is 10.1. The minimum Gasteiger partial charge on any atom is -0.482 e. The molecule has 1 saturated carbocycles. The van der Waals surface area contributed by atoms with E-state index >= 15 is 0 Å². The Bertz CT molecular complexity index is 629. The number of carbonyl (C=O) groups excluding carboxylic acids is 2. The summed E-state index contributed by atoms with van der Waals surface area (Å²) >= 11 is 0. The van der Waals surface area contributed by atoms with Crippen LogP contribution in [-0.4, -0.2) is 18.4 Å². The molecule has 6 nitrogen and oxygen atoms in total. The highest BCUT2D eigenvalue weighted by atomic mass is 16.5. The first-order valence-electron chi connectivity index (χ1n) is 5.88. The standard InChI is InChI=1S/C13H11N3O3/c14-7-13(3-4-13)12(18)16-9-5-8(15)1-2-10(9)19-6-11(16)17/h1-2,5H,3-4,6,15H2. The Labute approximate surface area is 109 Å². The Morgan fingerprint density at radius 3 is 2.84 bits per heavy atom. The van der Waals surface area contributed by atoms with E-state index in [0.717, 1.165) is 4.90 Å². The molecule has 1 aliphatic heterocycles. The van der Waals surface area contributed by atoms with Crippen LogP contribution in [0.4, 0.5) is 11.4 Å². The summed E-state index contributed by atoms with van der Waals surface area (Å²) in [6.07, 6.45) is 0.981. The summed E-state index contributed by atoms with van der Waals surface area (Å²) < 4.78 is 5.26. The summed E-state index contributed by atoms with van der Waals surface area (Å²) in [4.78, 5) is 25.3. The van der Waals surface area contributed by atoms with E-state index in [0.29, 0.717) is 30.0 Å². The van der Waals surface area contributed by atoms with E-state index < -0.39 is 17.2 Å². The second-order valence-electron chi connectivity index (χ2n) is 4.74. The van der Waals surface area contributed by atoms with Crippen molar-refractivity contribution in [3.05, 3.63) is 18.2 Å². The fourth-order valence-electron chi connectivity index (χ4n) is 2.10. The Morgan fingerprint density at radius 1 is 1.47 bits per heavy atom. The maximum atomic E-state index is 12.4.